The Morgan fingerprint density at radius 2 is 1.65 bits per heavy atom. The van der Waals surface area contributed by atoms with Crippen LogP contribution in [0.1, 0.15) is 29.9 Å². The average molecular weight is 455 g/mol. The van der Waals surface area contributed by atoms with Crippen LogP contribution in [-0.2, 0) is 16.5 Å². The first-order chi connectivity index (χ1) is 14.7. The monoisotopic (exact) mass is 454 g/mol. The fourth-order valence-corrected chi connectivity index (χ4v) is 4.92. The van der Waals surface area contributed by atoms with E-state index in [-0.39, 0.29) is 5.75 Å². The molecule has 1 aliphatic carbocycles. The summed E-state index contributed by atoms with van der Waals surface area (Å²) in [5.41, 5.74) is -2.20. The zero-order valence-electron chi connectivity index (χ0n) is 17.0. The first kappa shape index (κ1) is 22.0. The van der Waals surface area contributed by atoms with Crippen LogP contribution in [0.15, 0.2) is 48.5 Å². The molecule has 1 aliphatic heterocycles. The summed E-state index contributed by atoms with van der Waals surface area (Å²) in [5.74, 6) is 0.284. The van der Waals surface area contributed by atoms with Gasteiger partial charge in [-0.1, -0.05) is 36.4 Å². The Morgan fingerprint density at radius 3 is 2.39 bits per heavy atom. The summed E-state index contributed by atoms with van der Waals surface area (Å²) >= 11 is 0. The minimum Gasteiger partial charge on any atom is -0.374 e. The second-order valence-corrected chi connectivity index (χ2v) is 9.54. The molecule has 4 rings (SSSR count). The largest absolute Gasteiger partial charge is 0.534 e. The fraction of sp³-hybridized carbons (Fsp3) is 0.455. The number of alkyl halides is 3. The van der Waals surface area contributed by atoms with Crippen LogP contribution in [-0.4, -0.2) is 51.5 Å². The summed E-state index contributed by atoms with van der Waals surface area (Å²) in [6, 6.07) is 14.6. The minimum atomic E-state index is -5.70. The lowest BCUT2D eigenvalue weighted by Gasteiger charge is -2.37. The maximum absolute atomic E-state index is 12.7. The number of aryl methyl sites for hydroxylation is 1. The van der Waals surface area contributed by atoms with Gasteiger partial charge in [0.2, 0.25) is 0 Å². The molecule has 1 fully saturated rings. The van der Waals surface area contributed by atoms with Crippen molar-refractivity contribution in [3.8, 4) is 5.75 Å². The van der Waals surface area contributed by atoms with Gasteiger partial charge in [-0.15, -0.1) is 0 Å². The topological polar surface area (TPSA) is 49.9 Å². The van der Waals surface area contributed by atoms with Gasteiger partial charge in [0.15, 0.2) is 5.75 Å². The van der Waals surface area contributed by atoms with Crippen molar-refractivity contribution in [1.82, 2.24) is 4.90 Å². The van der Waals surface area contributed by atoms with Crippen LogP contribution >= 0.6 is 0 Å². The van der Waals surface area contributed by atoms with E-state index >= 15 is 0 Å². The first-order valence-corrected chi connectivity index (χ1v) is 11.8. The molecule has 31 heavy (non-hydrogen) atoms. The highest BCUT2D eigenvalue weighted by molar-refractivity contribution is 7.88. The maximum atomic E-state index is 12.7. The average Bonchev–Trinajstić information content (AvgIpc) is 3.15. The van der Waals surface area contributed by atoms with Crippen molar-refractivity contribution in [3.63, 3.8) is 0 Å². The van der Waals surface area contributed by atoms with E-state index in [2.05, 4.69) is 33.3 Å². The standard InChI is InChI=1S/C22H25F3N2O3S/c23-22(24,25)31(28,29)30-21-8-4-3-7-20(21)27-15-13-26(14-16-27)12-11-18-10-9-17-5-1-2-6-19(17)18/h1-8,18H,9-16H2. The molecule has 1 saturated heterocycles. The van der Waals surface area contributed by atoms with Crippen LogP contribution in [0.4, 0.5) is 18.9 Å². The number of para-hydroxylation sites is 2. The Morgan fingerprint density at radius 1 is 0.968 bits per heavy atom. The van der Waals surface area contributed by atoms with E-state index in [1.165, 1.54) is 29.7 Å². The molecule has 0 saturated carbocycles. The summed E-state index contributed by atoms with van der Waals surface area (Å²) in [6.07, 6.45) is 3.39. The lowest BCUT2D eigenvalue weighted by Crippen LogP contribution is -2.47. The first-order valence-electron chi connectivity index (χ1n) is 10.4. The van der Waals surface area contributed by atoms with Gasteiger partial charge >= 0.3 is 15.6 Å². The Labute approximate surface area is 180 Å². The van der Waals surface area contributed by atoms with Crippen LogP contribution in [0.5, 0.6) is 5.75 Å². The smallest absolute Gasteiger partial charge is 0.374 e. The molecule has 2 aliphatic rings. The van der Waals surface area contributed by atoms with Gasteiger partial charge < -0.3 is 9.08 Å². The Hall–Kier alpha value is -2.26. The van der Waals surface area contributed by atoms with Crippen LogP contribution in [0.2, 0.25) is 0 Å². The SMILES string of the molecule is O=S(=O)(Oc1ccccc1N1CCN(CCC2CCc3ccccc32)CC1)C(F)(F)F. The summed E-state index contributed by atoms with van der Waals surface area (Å²) in [6.45, 7) is 3.66. The lowest BCUT2D eigenvalue weighted by molar-refractivity contribution is -0.0499. The van der Waals surface area contributed by atoms with Gasteiger partial charge in [-0.25, -0.2) is 0 Å². The predicted molar refractivity (Wildman–Crippen MR) is 113 cm³/mol. The molecular weight excluding hydrogens is 429 g/mol. The molecule has 1 atom stereocenters. The molecule has 0 radical (unpaired) electrons. The van der Waals surface area contributed by atoms with Crippen LogP contribution in [0, 0.1) is 0 Å². The van der Waals surface area contributed by atoms with Crippen molar-refractivity contribution in [2.24, 2.45) is 0 Å². The highest BCUT2D eigenvalue weighted by Gasteiger charge is 2.49. The summed E-state index contributed by atoms with van der Waals surface area (Å²) in [4.78, 5) is 4.23. The number of hydrogen-bond donors (Lipinski definition) is 0. The van der Waals surface area contributed by atoms with Crippen LogP contribution in [0.25, 0.3) is 0 Å². The highest BCUT2D eigenvalue weighted by Crippen LogP contribution is 2.36. The van der Waals surface area contributed by atoms with Gasteiger partial charge in [-0.05, 0) is 55.0 Å². The molecule has 0 spiro atoms. The zero-order valence-corrected chi connectivity index (χ0v) is 17.8. The predicted octanol–water partition coefficient (Wildman–Crippen LogP) is 4.16. The molecule has 0 aromatic heterocycles. The molecule has 2 aromatic carbocycles. The van der Waals surface area contributed by atoms with Gasteiger partial charge in [-0.2, -0.15) is 21.6 Å². The van der Waals surface area contributed by atoms with Crippen molar-refractivity contribution in [2.75, 3.05) is 37.6 Å². The summed E-state index contributed by atoms with van der Waals surface area (Å²) in [5, 5.41) is 0. The van der Waals surface area contributed by atoms with E-state index in [1.54, 1.807) is 12.1 Å². The maximum Gasteiger partial charge on any atom is 0.534 e. The quantitative estimate of drug-likeness (QED) is 0.485. The lowest BCUT2D eigenvalue weighted by atomic mass is 9.97. The number of hydrogen-bond acceptors (Lipinski definition) is 5. The van der Waals surface area contributed by atoms with Crippen molar-refractivity contribution in [1.29, 1.82) is 0 Å². The Bertz CT molecular complexity index is 1020. The van der Waals surface area contributed by atoms with Gasteiger partial charge in [-0.3, -0.25) is 4.90 Å². The summed E-state index contributed by atoms with van der Waals surface area (Å²) < 4.78 is 65.4. The molecule has 0 bridgehead atoms. The molecule has 5 nitrogen and oxygen atoms in total. The number of nitrogens with zero attached hydrogens (tertiary/aromatic N) is 2. The number of anilines is 1. The van der Waals surface area contributed by atoms with E-state index in [0.29, 0.717) is 24.7 Å². The van der Waals surface area contributed by atoms with Gasteiger partial charge in [0.25, 0.3) is 0 Å². The second kappa shape index (κ2) is 8.70. The number of rotatable bonds is 6. The molecular formula is C22H25F3N2O3S. The molecule has 0 N–H and O–H groups in total. The number of halogens is 3. The van der Waals surface area contributed by atoms with E-state index in [1.807, 2.05) is 4.90 Å². The third kappa shape index (κ3) is 4.82. The van der Waals surface area contributed by atoms with Crippen LogP contribution < -0.4 is 9.08 Å². The van der Waals surface area contributed by atoms with Crippen molar-refractivity contribution >= 4 is 15.8 Å². The molecule has 1 unspecified atom stereocenters. The zero-order chi connectivity index (χ0) is 22.1. The van der Waals surface area contributed by atoms with Crippen molar-refractivity contribution < 1.29 is 25.8 Å². The fourth-order valence-electron chi connectivity index (χ4n) is 4.45. The van der Waals surface area contributed by atoms with Gasteiger partial charge in [0, 0.05) is 26.2 Å². The van der Waals surface area contributed by atoms with E-state index in [4.69, 9.17) is 0 Å². The Balaban J connectivity index is 1.34. The molecule has 9 heteroatoms. The van der Waals surface area contributed by atoms with Gasteiger partial charge in [0.05, 0.1) is 5.69 Å². The van der Waals surface area contributed by atoms with E-state index in [9.17, 15) is 21.6 Å². The second-order valence-electron chi connectivity index (χ2n) is 8.00. The summed E-state index contributed by atoms with van der Waals surface area (Å²) in [7, 11) is -5.70. The van der Waals surface area contributed by atoms with Crippen LogP contribution in [0.3, 0.4) is 0 Å². The normalized spacial score (nSPS) is 20.0. The van der Waals surface area contributed by atoms with E-state index < -0.39 is 15.6 Å². The third-order valence-electron chi connectivity index (χ3n) is 6.11. The van der Waals surface area contributed by atoms with Crippen molar-refractivity contribution in [3.05, 3.63) is 59.7 Å². The third-order valence-corrected chi connectivity index (χ3v) is 7.08. The molecule has 168 valence electrons. The van der Waals surface area contributed by atoms with E-state index in [0.717, 1.165) is 32.5 Å². The molecule has 2 aromatic rings. The van der Waals surface area contributed by atoms with Crippen molar-refractivity contribution in [2.45, 2.75) is 30.7 Å². The molecule has 0 amide bonds. The number of piperazine rings is 1. The number of benzene rings is 2. The highest BCUT2D eigenvalue weighted by atomic mass is 32.2. The van der Waals surface area contributed by atoms with Gasteiger partial charge in [0.1, 0.15) is 0 Å². The molecule has 1 heterocycles. The Kier molecular flexibility index (Phi) is 6.16. The minimum absolute atomic E-state index is 0.296. The number of fused-ring (bicyclic) bond motifs is 1.